The molecule has 52 heavy (non-hydrogen) atoms. The molecule has 2 spiro atoms. The molecule has 3 aromatic carbocycles. The number of hydrogen-bond donors (Lipinski definition) is 0. The second-order valence-electron chi connectivity index (χ2n) is 19.1. The van der Waals surface area contributed by atoms with Gasteiger partial charge in [-0.25, -0.2) is 0 Å². The molecule has 2 bridgehead atoms. The molecular weight excluding hydrogens is 690 g/mol. The van der Waals surface area contributed by atoms with Crippen LogP contribution in [-0.4, -0.2) is 47.5 Å². The average molecular weight is 750 g/mol. The molecule has 3 heterocycles. The van der Waals surface area contributed by atoms with Crippen molar-refractivity contribution in [1.29, 1.82) is 0 Å². The molecule has 8 rings (SSSR count). The van der Waals surface area contributed by atoms with E-state index in [1.807, 2.05) is 0 Å². The van der Waals surface area contributed by atoms with Crippen molar-refractivity contribution >= 4 is 40.6 Å². The summed E-state index contributed by atoms with van der Waals surface area (Å²) >= 11 is 0. The van der Waals surface area contributed by atoms with Gasteiger partial charge in [-0.2, -0.15) is 0 Å². The second kappa shape index (κ2) is 11.9. The number of allylic oxidation sites excluding steroid dienone is 2. The van der Waals surface area contributed by atoms with Gasteiger partial charge in [-0.3, -0.25) is 13.5 Å². The number of para-hydroxylation sites is 1. The van der Waals surface area contributed by atoms with Crippen LogP contribution in [0.15, 0.2) is 89.9 Å². The van der Waals surface area contributed by atoms with E-state index in [4.69, 9.17) is 4.43 Å². The third-order valence-corrected chi connectivity index (χ3v) is 31.0. The minimum absolute atomic E-state index is 0.0589. The molecule has 0 aromatic heterocycles. The van der Waals surface area contributed by atoms with Crippen LogP contribution in [0.4, 0.5) is 5.69 Å². The Labute approximate surface area is 315 Å². The molecule has 276 valence electrons. The Hall–Kier alpha value is -2.68. The Kier molecular flexibility index (Phi) is 8.32. The molecule has 1 saturated carbocycles. The first-order chi connectivity index (χ1) is 24.4. The minimum atomic E-state index is -3.46. The Morgan fingerprint density at radius 2 is 1.25 bits per heavy atom. The van der Waals surface area contributed by atoms with Crippen molar-refractivity contribution in [3.8, 4) is 0 Å². The molecule has 4 atom stereocenters. The molecule has 4 unspecified atom stereocenters. The maximum Gasteiger partial charge on any atom is 0.423 e. The van der Waals surface area contributed by atoms with Crippen molar-refractivity contribution in [3.63, 3.8) is 0 Å². The van der Waals surface area contributed by atoms with E-state index in [2.05, 4.69) is 174 Å². The number of nitrogens with zero attached hydrogens (tertiary/aromatic N) is 3. The Morgan fingerprint density at radius 3 is 1.75 bits per heavy atom. The molecule has 0 radical (unpaired) electrons. The number of carbonyl (C=O) groups is 1. The van der Waals surface area contributed by atoms with Crippen LogP contribution in [0.3, 0.4) is 0 Å². The van der Waals surface area contributed by atoms with E-state index in [0.29, 0.717) is 23.7 Å². The van der Waals surface area contributed by atoms with Crippen molar-refractivity contribution in [1.82, 2.24) is 8.67 Å². The molecule has 3 aliphatic heterocycles. The Bertz CT molecular complexity index is 1970. The number of carbonyl (C=O) groups excluding carboxylic acids is 1. The first-order valence-corrected chi connectivity index (χ1v) is 26.3. The number of fused-ring (bicyclic) bond motifs is 5. The molecule has 5 nitrogen and oxygen atoms in total. The fraction of sp³-hybridized carbons (Fsp3) is 0.500. The third kappa shape index (κ3) is 4.68. The molecule has 3 fully saturated rings. The standard InChI is InChI=1S/C44H60N3O2PSi2/c1-29(2)35-24-19-25-36(30(3)4)38(35)45-37-33-26-27-34(28-33)39(37)50(46(43(5,6)7)51(11,12)47(50)44(8,9)10)42(32-22-17-14-18-23-32)52(45)40(41(48)49-52)31-20-15-13-16-21-31/h13-25,29-30,33-34,40H,26-28H2,1-12H3. The van der Waals surface area contributed by atoms with E-state index in [0.717, 1.165) is 5.56 Å². The van der Waals surface area contributed by atoms with E-state index in [9.17, 15) is 4.79 Å². The first kappa shape index (κ1) is 36.3. The van der Waals surface area contributed by atoms with E-state index in [1.165, 1.54) is 46.6 Å². The summed E-state index contributed by atoms with van der Waals surface area (Å²) in [5.74, 6) is 1.55. The van der Waals surface area contributed by atoms with Gasteiger partial charge in [-0.05, 0) is 120 Å². The van der Waals surface area contributed by atoms with Crippen molar-refractivity contribution in [2.75, 3.05) is 4.57 Å². The predicted octanol–water partition coefficient (Wildman–Crippen LogP) is 11.2. The van der Waals surface area contributed by atoms with Crippen molar-refractivity contribution in [2.24, 2.45) is 11.8 Å². The van der Waals surface area contributed by atoms with Gasteiger partial charge in [0, 0.05) is 39.9 Å². The SMILES string of the molecule is CC(C)c1cccc(C(C)C)c1N1C2=C(C3CCC2C3)P2(=C(c3ccccc3)[Si]13OC(=O)C3c1ccccc1)N(C(C)(C)C)[Si](C)(C)N2C(C)(C)C. The predicted molar refractivity (Wildman–Crippen MR) is 224 cm³/mol. The Balaban J connectivity index is 1.66. The number of hydrogen-bond acceptors (Lipinski definition) is 5. The summed E-state index contributed by atoms with van der Waals surface area (Å²) in [6.45, 7) is 29.4. The number of rotatable bonds is 5. The largest absolute Gasteiger partial charge is 0.494 e. The third-order valence-electron chi connectivity index (χ3n) is 12.5. The molecule has 0 N–H and O–H groups in total. The maximum absolute atomic E-state index is 14.7. The Morgan fingerprint density at radius 1 is 0.731 bits per heavy atom. The summed E-state index contributed by atoms with van der Waals surface area (Å²) in [5.41, 5.74) is 7.48. The highest BCUT2D eigenvalue weighted by Gasteiger charge is 2.80. The zero-order valence-corrected chi connectivity index (χ0v) is 36.5. The van der Waals surface area contributed by atoms with Gasteiger partial charge in [-0.15, -0.1) is 0 Å². The molecule has 8 heteroatoms. The van der Waals surface area contributed by atoms with E-state index in [1.54, 1.807) is 11.0 Å². The lowest BCUT2D eigenvalue weighted by Gasteiger charge is -2.78. The van der Waals surface area contributed by atoms with Gasteiger partial charge in [0.15, 0.2) is 0 Å². The van der Waals surface area contributed by atoms with Crippen LogP contribution in [0.1, 0.15) is 128 Å². The van der Waals surface area contributed by atoms with Gasteiger partial charge in [0.1, 0.15) is 5.54 Å². The second-order valence-corrected chi connectivity index (χ2v) is 30.3. The summed E-state index contributed by atoms with van der Waals surface area (Å²) < 4.78 is 16.5. The molecule has 5 aliphatic rings. The minimum Gasteiger partial charge on any atom is -0.494 e. The fourth-order valence-electron chi connectivity index (χ4n) is 11.8. The summed E-state index contributed by atoms with van der Waals surface area (Å²) in [5, 5.41) is 1.72. The van der Waals surface area contributed by atoms with Crippen LogP contribution >= 0.6 is 7.19 Å². The zero-order chi connectivity index (χ0) is 37.3. The highest BCUT2D eigenvalue weighted by Crippen LogP contribution is 2.85. The molecule has 0 amide bonds. The topological polar surface area (TPSA) is 36.0 Å². The molecular formula is C44H60N3O2PSi2. The number of benzene rings is 3. The molecule has 3 aromatic rings. The monoisotopic (exact) mass is 749 g/mol. The highest BCUT2D eigenvalue weighted by atomic mass is 31.2. The first-order valence-electron chi connectivity index (χ1n) is 19.8. The lowest BCUT2D eigenvalue weighted by atomic mass is 9.91. The van der Waals surface area contributed by atoms with Crippen LogP contribution in [0.25, 0.3) is 0 Å². The van der Waals surface area contributed by atoms with Crippen LogP contribution in [0, 0.1) is 11.8 Å². The van der Waals surface area contributed by atoms with E-state index < -0.39 is 24.1 Å². The number of anilines is 1. The van der Waals surface area contributed by atoms with Crippen LogP contribution < -0.4 is 4.57 Å². The van der Waals surface area contributed by atoms with Gasteiger partial charge in [0.2, 0.25) is 8.40 Å². The van der Waals surface area contributed by atoms with Crippen molar-refractivity contribution in [2.45, 2.75) is 130 Å². The smallest absolute Gasteiger partial charge is 0.423 e. The lowest BCUT2D eigenvalue weighted by Crippen LogP contribution is -2.84. The molecule has 2 saturated heterocycles. The van der Waals surface area contributed by atoms with Gasteiger partial charge >= 0.3 is 14.4 Å². The summed E-state index contributed by atoms with van der Waals surface area (Å²) in [7, 11) is -8.13. The van der Waals surface area contributed by atoms with Crippen molar-refractivity contribution in [3.05, 3.63) is 112 Å². The highest BCUT2D eigenvalue weighted by molar-refractivity contribution is 7.87. The van der Waals surface area contributed by atoms with Crippen LogP contribution in [0.5, 0.6) is 0 Å². The van der Waals surface area contributed by atoms with Crippen molar-refractivity contribution < 1.29 is 9.22 Å². The summed E-state index contributed by atoms with van der Waals surface area (Å²) in [6.07, 6.45) is 3.67. The lowest BCUT2D eigenvalue weighted by molar-refractivity contribution is -0.141. The quantitative estimate of drug-likeness (QED) is 0.192. The average Bonchev–Trinajstić information content (AvgIpc) is 3.66. The van der Waals surface area contributed by atoms with Gasteiger partial charge in [-0.1, -0.05) is 107 Å². The fourth-order valence-corrected chi connectivity index (χ4v) is 35.9. The summed E-state index contributed by atoms with van der Waals surface area (Å²) in [4.78, 5) is 16.2. The van der Waals surface area contributed by atoms with E-state index >= 15 is 0 Å². The zero-order valence-electron chi connectivity index (χ0n) is 33.6. The van der Waals surface area contributed by atoms with Gasteiger partial charge in [0.05, 0.1) is 0 Å². The van der Waals surface area contributed by atoms with E-state index in [-0.39, 0.29) is 22.6 Å². The molecule has 2 aliphatic carbocycles. The van der Waals surface area contributed by atoms with Gasteiger partial charge in [0.25, 0.3) is 0 Å². The van der Waals surface area contributed by atoms with Gasteiger partial charge < -0.3 is 8.99 Å². The van der Waals surface area contributed by atoms with Crippen LogP contribution in [0.2, 0.25) is 13.1 Å². The summed E-state index contributed by atoms with van der Waals surface area (Å²) in [6, 6.07) is 29.1. The maximum atomic E-state index is 14.7. The van der Waals surface area contributed by atoms with Crippen LogP contribution in [-0.2, 0) is 9.22 Å². The normalized spacial score (nSPS) is 28.2.